The van der Waals surface area contributed by atoms with Gasteiger partial charge in [-0.05, 0) is 42.3 Å². The van der Waals surface area contributed by atoms with Gasteiger partial charge in [-0.3, -0.25) is 25.0 Å². The van der Waals surface area contributed by atoms with Gasteiger partial charge in [-0.2, -0.15) is 5.10 Å². The predicted molar refractivity (Wildman–Crippen MR) is 143 cm³/mol. The average Bonchev–Trinajstić information content (AvgIpc) is 3.53. The van der Waals surface area contributed by atoms with E-state index in [1.807, 2.05) is 42.7 Å². The summed E-state index contributed by atoms with van der Waals surface area (Å²) >= 11 is 0. The van der Waals surface area contributed by atoms with Crippen molar-refractivity contribution >= 4 is 27.5 Å². The minimum absolute atomic E-state index is 0.321. The van der Waals surface area contributed by atoms with E-state index in [1.165, 1.54) is 0 Å². The Hall–Kier alpha value is -4.85. The van der Waals surface area contributed by atoms with Crippen LogP contribution >= 0.6 is 0 Å². The molecule has 0 unspecified atom stereocenters. The van der Waals surface area contributed by atoms with Crippen molar-refractivity contribution in [3.05, 3.63) is 85.9 Å². The second-order valence-electron chi connectivity index (χ2n) is 9.00. The van der Waals surface area contributed by atoms with Gasteiger partial charge in [0.05, 0.1) is 40.7 Å². The summed E-state index contributed by atoms with van der Waals surface area (Å²) < 4.78 is 0. The van der Waals surface area contributed by atoms with Crippen LogP contribution in [0, 0.1) is 5.92 Å². The first kappa shape index (κ1) is 21.7. The SMILES string of the molecule is C=C(Nc1cncc(-c2cc3c(-c4cc5c(-c6cccnc6)nccc5[nH]4)n[nH]c3cn2)c1)C(C)C. The van der Waals surface area contributed by atoms with Gasteiger partial charge in [-0.25, -0.2) is 0 Å². The van der Waals surface area contributed by atoms with Crippen LogP contribution in [0.25, 0.3) is 55.7 Å². The topological polar surface area (TPSA) is 108 Å². The molecule has 0 amide bonds. The fourth-order valence-corrected chi connectivity index (χ4v) is 4.17. The minimum Gasteiger partial charge on any atom is -0.358 e. The van der Waals surface area contributed by atoms with E-state index >= 15 is 0 Å². The number of fused-ring (bicyclic) bond motifs is 2. The second kappa shape index (κ2) is 8.74. The fourth-order valence-electron chi connectivity index (χ4n) is 4.17. The van der Waals surface area contributed by atoms with E-state index in [2.05, 4.69) is 66.9 Å². The molecule has 0 fully saturated rings. The lowest BCUT2D eigenvalue weighted by molar-refractivity contribution is 0.778. The summed E-state index contributed by atoms with van der Waals surface area (Å²) in [7, 11) is 0. The smallest absolute Gasteiger partial charge is 0.116 e. The first-order chi connectivity index (χ1) is 17.6. The van der Waals surface area contributed by atoms with E-state index in [-0.39, 0.29) is 0 Å². The summed E-state index contributed by atoms with van der Waals surface area (Å²) in [5.41, 5.74) is 8.93. The van der Waals surface area contributed by atoms with E-state index in [0.29, 0.717) is 5.92 Å². The lowest BCUT2D eigenvalue weighted by Gasteiger charge is -2.13. The standard InChI is InChI=1S/C28H24N8/c1-16(2)17(3)33-20-9-19(13-30-14-20)24-10-22-26(15-32-24)35-36-28(22)25-11-21-23(34-25)6-8-31-27(21)18-5-4-7-29-12-18/h4-16,33-34H,3H2,1-2H3,(H,35,36). The fraction of sp³-hybridized carbons (Fsp3) is 0.107. The molecule has 0 aliphatic rings. The highest BCUT2D eigenvalue weighted by Crippen LogP contribution is 2.34. The molecule has 0 aliphatic carbocycles. The molecular weight excluding hydrogens is 448 g/mol. The van der Waals surface area contributed by atoms with Crippen molar-refractivity contribution in [3.8, 4) is 33.9 Å². The van der Waals surface area contributed by atoms with E-state index in [9.17, 15) is 0 Å². The van der Waals surface area contributed by atoms with E-state index in [4.69, 9.17) is 0 Å². The summed E-state index contributed by atoms with van der Waals surface area (Å²) in [6.45, 7) is 8.30. The van der Waals surface area contributed by atoms with Crippen LogP contribution in [-0.2, 0) is 0 Å². The molecule has 176 valence electrons. The summed E-state index contributed by atoms with van der Waals surface area (Å²) in [4.78, 5) is 21.4. The Morgan fingerprint density at radius 1 is 0.861 bits per heavy atom. The van der Waals surface area contributed by atoms with Crippen molar-refractivity contribution in [1.29, 1.82) is 0 Å². The molecule has 3 N–H and O–H groups in total. The number of rotatable bonds is 6. The zero-order valence-corrected chi connectivity index (χ0v) is 19.9. The molecule has 0 aliphatic heterocycles. The minimum atomic E-state index is 0.321. The number of H-pyrrole nitrogens is 2. The van der Waals surface area contributed by atoms with Crippen LogP contribution in [-0.4, -0.2) is 35.1 Å². The molecule has 36 heavy (non-hydrogen) atoms. The first-order valence-corrected chi connectivity index (χ1v) is 11.7. The third-order valence-corrected chi connectivity index (χ3v) is 6.22. The third kappa shape index (κ3) is 3.88. The molecule has 6 aromatic rings. The summed E-state index contributed by atoms with van der Waals surface area (Å²) in [6, 6.07) is 12.1. The van der Waals surface area contributed by atoms with Crippen LogP contribution in [0.5, 0.6) is 0 Å². The van der Waals surface area contributed by atoms with Gasteiger partial charge in [-0.1, -0.05) is 20.4 Å². The maximum atomic E-state index is 4.65. The number of hydrogen-bond acceptors (Lipinski definition) is 6. The average molecular weight is 473 g/mol. The highest BCUT2D eigenvalue weighted by atomic mass is 15.1. The Morgan fingerprint density at radius 2 is 1.72 bits per heavy atom. The number of aromatic amines is 2. The van der Waals surface area contributed by atoms with Gasteiger partial charge in [-0.15, -0.1) is 0 Å². The predicted octanol–water partition coefficient (Wildman–Crippen LogP) is 6.21. The van der Waals surface area contributed by atoms with Crippen molar-refractivity contribution in [3.63, 3.8) is 0 Å². The van der Waals surface area contributed by atoms with E-state index in [1.54, 1.807) is 24.8 Å². The van der Waals surface area contributed by atoms with Gasteiger partial charge in [0.2, 0.25) is 0 Å². The Morgan fingerprint density at radius 3 is 2.56 bits per heavy atom. The molecule has 6 heterocycles. The van der Waals surface area contributed by atoms with Crippen molar-refractivity contribution in [2.45, 2.75) is 13.8 Å². The molecular formula is C28H24N8. The van der Waals surface area contributed by atoms with Gasteiger partial charge in [0.25, 0.3) is 0 Å². The number of nitrogens with zero attached hydrogens (tertiary/aromatic N) is 5. The van der Waals surface area contributed by atoms with E-state index < -0.39 is 0 Å². The number of allylic oxidation sites excluding steroid dienone is 1. The quantitative estimate of drug-likeness (QED) is 0.266. The lowest BCUT2D eigenvalue weighted by atomic mass is 10.1. The van der Waals surface area contributed by atoms with Gasteiger partial charge in [0.15, 0.2) is 0 Å². The van der Waals surface area contributed by atoms with Gasteiger partial charge in [0.1, 0.15) is 5.69 Å². The molecule has 0 radical (unpaired) electrons. The third-order valence-electron chi connectivity index (χ3n) is 6.22. The molecule has 6 aromatic heterocycles. The molecule has 8 nitrogen and oxygen atoms in total. The Bertz CT molecular complexity index is 1710. The number of pyridine rings is 4. The normalized spacial score (nSPS) is 11.4. The Balaban J connectivity index is 1.41. The monoisotopic (exact) mass is 472 g/mol. The van der Waals surface area contributed by atoms with Crippen LogP contribution in [0.3, 0.4) is 0 Å². The molecule has 0 saturated heterocycles. The van der Waals surface area contributed by atoms with Gasteiger partial charge < -0.3 is 10.3 Å². The highest BCUT2D eigenvalue weighted by Gasteiger charge is 2.15. The summed E-state index contributed by atoms with van der Waals surface area (Å²) in [5.74, 6) is 0.321. The largest absolute Gasteiger partial charge is 0.358 e. The zero-order chi connectivity index (χ0) is 24.6. The molecule has 8 heteroatoms. The summed E-state index contributed by atoms with van der Waals surface area (Å²) in [6.07, 6.45) is 10.8. The maximum absolute atomic E-state index is 4.65. The van der Waals surface area contributed by atoms with Crippen LogP contribution in [0.15, 0.2) is 85.9 Å². The van der Waals surface area contributed by atoms with Crippen molar-refractivity contribution in [2.24, 2.45) is 5.92 Å². The second-order valence-corrected chi connectivity index (χ2v) is 9.00. The van der Waals surface area contributed by atoms with Gasteiger partial charge in [0, 0.05) is 57.9 Å². The molecule has 0 saturated carbocycles. The number of aromatic nitrogens is 7. The van der Waals surface area contributed by atoms with E-state index in [0.717, 1.165) is 67.1 Å². The molecule has 0 aromatic carbocycles. The Kier molecular flexibility index (Phi) is 5.26. The lowest BCUT2D eigenvalue weighted by Crippen LogP contribution is -2.04. The number of anilines is 1. The van der Waals surface area contributed by atoms with Crippen LogP contribution in [0.1, 0.15) is 13.8 Å². The number of hydrogen-bond donors (Lipinski definition) is 3. The van der Waals surface area contributed by atoms with Crippen LogP contribution < -0.4 is 5.32 Å². The molecule has 0 spiro atoms. The van der Waals surface area contributed by atoms with Crippen molar-refractivity contribution < 1.29 is 0 Å². The van der Waals surface area contributed by atoms with Crippen LogP contribution in [0.4, 0.5) is 5.69 Å². The first-order valence-electron chi connectivity index (χ1n) is 11.7. The number of nitrogens with one attached hydrogen (secondary N) is 3. The highest BCUT2D eigenvalue weighted by molar-refractivity contribution is 6.00. The van der Waals surface area contributed by atoms with Crippen molar-refractivity contribution in [2.75, 3.05) is 5.32 Å². The van der Waals surface area contributed by atoms with Gasteiger partial charge >= 0.3 is 0 Å². The van der Waals surface area contributed by atoms with Crippen LogP contribution in [0.2, 0.25) is 0 Å². The summed E-state index contributed by atoms with van der Waals surface area (Å²) in [5, 5.41) is 13.0. The van der Waals surface area contributed by atoms with Crippen molar-refractivity contribution in [1.82, 2.24) is 35.1 Å². The molecule has 6 rings (SSSR count). The molecule has 0 atom stereocenters. The Labute approximate surface area is 207 Å². The zero-order valence-electron chi connectivity index (χ0n) is 19.9. The maximum Gasteiger partial charge on any atom is 0.116 e. The molecule has 0 bridgehead atoms.